The number of furan rings is 1. The maximum absolute atomic E-state index is 10.0. The fourth-order valence-electron chi connectivity index (χ4n) is 6.02. The Balaban J connectivity index is 1.54. The van der Waals surface area contributed by atoms with Crippen LogP contribution in [0.15, 0.2) is 77.3 Å². The summed E-state index contributed by atoms with van der Waals surface area (Å²) in [5, 5.41) is 12.1. The van der Waals surface area contributed by atoms with E-state index in [9.17, 15) is 5.26 Å². The minimum absolute atomic E-state index is 0.646. The molecule has 3 nitrogen and oxygen atoms in total. The summed E-state index contributed by atoms with van der Waals surface area (Å²) in [6, 6.07) is 25.8. The van der Waals surface area contributed by atoms with Crippen molar-refractivity contribution in [2.45, 2.75) is 51.4 Å². The average Bonchev–Trinajstić information content (AvgIpc) is 3.07. The van der Waals surface area contributed by atoms with E-state index < -0.39 is 0 Å². The van der Waals surface area contributed by atoms with Gasteiger partial charge in [0.25, 0.3) is 0 Å². The predicted molar refractivity (Wildman–Crippen MR) is 146 cm³/mol. The maximum atomic E-state index is 10.0. The Morgan fingerprint density at radius 2 is 1.50 bits per heavy atom. The molecule has 178 valence electrons. The molecule has 0 bridgehead atoms. The van der Waals surface area contributed by atoms with E-state index in [1.807, 2.05) is 18.2 Å². The quantitative estimate of drug-likeness (QED) is 0.196. The molecule has 0 unspecified atom stereocenters. The zero-order valence-electron chi connectivity index (χ0n) is 21.1. The van der Waals surface area contributed by atoms with E-state index in [0.717, 1.165) is 49.9 Å². The van der Waals surface area contributed by atoms with Gasteiger partial charge in [0.05, 0.1) is 17.2 Å². The molecule has 1 fully saturated rings. The lowest BCUT2D eigenvalue weighted by Crippen LogP contribution is -2.30. The Morgan fingerprint density at radius 1 is 0.806 bits per heavy atom. The number of aryl methyl sites for hydroxylation is 2. The van der Waals surface area contributed by atoms with Crippen LogP contribution in [0.5, 0.6) is 0 Å². The predicted octanol–water partition coefficient (Wildman–Crippen LogP) is 8.36. The van der Waals surface area contributed by atoms with Crippen LogP contribution in [0.2, 0.25) is 0 Å². The Morgan fingerprint density at radius 3 is 2.19 bits per heavy atom. The van der Waals surface area contributed by atoms with Crippen molar-refractivity contribution in [1.82, 2.24) is 0 Å². The molecule has 1 saturated carbocycles. The second-order valence-corrected chi connectivity index (χ2v) is 10.2. The summed E-state index contributed by atoms with van der Waals surface area (Å²) in [4.78, 5) is 0. The van der Waals surface area contributed by atoms with Crippen LogP contribution in [0.1, 0.15) is 61.1 Å². The van der Waals surface area contributed by atoms with E-state index in [4.69, 9.17) is 4.42 Å². The van der Waals surface area contributed by atoms with E-state index in [0.29, 0.717) is 11.5 Å². The number of nitrogens with zero attached hydrogens (tertiary/aromatic N) is 2. The smallest absolute Gasteiger partial charge is 0.216 e. The molecule has 0 N–H and O–H groups in total. The largest absolute Gasteiger partial charge is 0.454 e. The highest BCUT2D eigenvalue weighted by molar-refractivity contribution is 6.13. The Bertz CT molecular complexity index is 1610. The van der Waals surface area contributed by atoms with Crippen molar-refractivity contribution in [2.75, 3.05) is 0 Å². The Labute approximate surface area is 212 Å². The summed E-state index contributed by atoms with van der Waals surface area (Å²) in [5.41, 5.74) is 9.03. The van der Waals surface area contributed by atoms with Crippen LogP contribution in [-0.4, -0.2) is 0 Å². The lowest BCUT2D eigenvalue weighted by molar-refractivity contribution is -0.660. The van der Waals surface area contributed by atoms with Gasteiger partial charge in [-0.05, 0) is 60.6 Å². The van der Waals surface area contributed by atoms with E-state index in [-0.39, 0.29) is 0 Å². The first-order valence-corrected chi connectivity index (χ1v) is 13.1. The van der Waals surface area contributed by atoms with E-state index in [1.54, 1.807) is 0 Å². The summed E-state index contributed by atoms with van der Waals surface area (Å²) in [6.07, 6.45) is 9.98. The van der Waals surface area contributed by atoms with Crippen LogP contribution in [0.4, 0.5) is 0 Å². The zero-order valence-corrected chi connectivity index (χ0v) is 21.1. The summed E-state index contributed by atoms with van der Waals surface area (Å²) in [5.74, 6) is 0.649. The van der Waals surface area contributed by atoms with E-state index >= 15 is 0 Å². The topological polar surface area (TPSA) is 40.8 Å². The number of hydrogen-bond donors (Lipinski definition) is 0. The summed E-state index contributed by atoms with van der Waals surface area (Å²) >= 11 is 0. The van der Waals surface area contributed by atoms with Crippen LogP contribution in [0, 0.1) is 18.3 Å². The summed E-state index contributed by atoms with van der Waals surface area (Å²) in [7, 11) is 2.06. The fraction of sp³-hybridized carbons (Fsp3) is 0.273. The highest BCUT2D eigenvalue weighted by Crippen LogP contribution is 2.42. The van der Waals surface area contributed by atoms with Crippen molar-refractivity contribution in [3.05, 3.63) is 89.6 Å². The van der Waals surface area contributed by atoms with Crippen LogP contribution in [-0.2, 0) is 7.05 Å². The molecule has 2 aromatic heterocycles. The molecule has 0 saturated heterocycles. The van der Waals surface area contributed by atoms with Gasteiger partial charge in [-0.2, -0.15) is 5.26 Å². The molecule has 1 aliphatic rings. The molecule has 1 aliphatic carbocycles. The molecule has 3 aromatic carbocycles. The molecule has 36 heavy (non-hydrogen) atoms. The molecule has 0 radical (unpaired) electrons. The van der Waals surface area contributed by atoms with Gasteiger partial charge in [-0.3, -0.25) is 0 Å². The van der Waals surface area contributed by atoms with Crippen LogP contribution in [0.25, 0.3) is 44.3 Å². The van der Waals surface area contributed by atoms with Gasteiger partial charge >= 0.3 is 0 Å². The van der Waals surface area contributed by atoms with Crippen LogP contribution < -0.4 is 4.57 Å². The Hall–Kier alpha value is -3.90. The minimum Gasteiger partial charge on any atom is -0.454 e. The molecule has 5 aromatic rings. The van der Waals surface area contributed by atoms with Crippen molar-refractivity contribution in [3.8, 4) is 28.5 Å². The summed E-state index contributed by atoms with van der Waals surface area (Å²) in [6.45, 7) is 2.13. The number of aromatic nitrogens is 1. The second-order valence-electron chi connectivity index (χ2n) is 10.2. The third-order valence-electron chi connectivity index (χ3n) is 7.98. The molecule has 3 heteroatoms. The highest BCUT2D eigenvalue weighted by atomic mass is 16.3. The first-order valence-electron chi connectivity index (χ1n) is 13.1. The number of nitriles is 1. The molecular weight excluding hydrogens is 440 g/mol. The second kappa shape index (κ2) is 9.28. The molecule has 0 amide bonds. The number of hydrogen-bond acceptors (Lipinski definition) is 2. The zero-order chi connectivity index (χ0) is 24.6. The van der Waals surface area contributed by atoms with Gasteiger partial charge in [-0.25, -0.2) is 4.57 Å². The van der Waals surface area contributed by atoms with Gasteiger partial charge in [-0.1, -0.05) is 62.1 Å². The van der Waals surface area contributed by atoms with Crippen molar-refractivity contribution in [1.29, 1.82) is 5.26 Å². The lowest BCUT2D eigenvalue weighted by Gasteiger charge is -2.15. The molecule has 0 spiro atoms. The van der Waals surface area contributed by atoms with Gasteiger partial charge in [0, 0.05) is 28.5 Å². The lowest BCUT2D eigenvalue weighted by atomic mass is 9.89. The first kappa shape index (κ1) is 22.6. The van der Waals surface area contributed by atoms with Crippen LogP contribution >= 0.6 is 0 Å². The van der Waals surface area contributed by atoms with Crippen molar-refractivity contribution < 1.29 is 8.98 Å². The molecule has 0 aliphatic heterocycles. The fourth-order valence-corrected chi connectivity index (χ4v) is 6.02. The molecule has 2 heterocycles. The normalized spacial score (nSPS) is 14.7. The standard InChI is InChI=1S/C33H31N2O/c1-22-12-18-27-28-19-17-26(21-34)31(25-15-13-24(14-16-25)23-9-5-3-4-6-10-23)33(28)36-32(27)30(22)29-11-7-8-20-35(29)2/h7-8,11-20,23H,3-6,9-10H2,1-2H3/q+1. The first-order chi connectivity index (χ1) is 17.7. The third-order valence-corrected chi connectivity index (χ3v) is 7.98. The van der Waals surface area contributed by atoms with Gasteiger partial charge in [0.15, 0.2) is 6.20 Å². The SMILES string of the molecule is Cc1ccc2c(oc3c(-c4ccc(C5CCCCCC5)cc4)c(C#N)ccc32)c1-c1cccc[n+]1C. The highest BCUT2D eigenvalue weighted by Gasteiger charge is 2.23. The van der Waals surface area contributed by atoms with Crippen molar-refractivity contribution in [3.63, 3.8) is 0 Å². The average molecular weight is 472 g/mol. The third kappa shape index (κ3) is 3.78. The monoisotopic (exact) mass is 471 g/mol. The molecular formula is C33H31N2O+. The van der Waals surface area contributed by atoms with E-state index in [1.165, 1.54) is 44.1 Å². The Kier molecular flexibility index (Phi) is 5.82. The van der Waals surface area contributed by atoms with Gasteiger partial charge < -0.3 is 4.42 Å². The van der Waals surface area contributed by atoms with E-state index in [2.05, 4.69) is 79.3 Å². The number of fused-ring (bicyclic) bond motifs is 3. The number of pyridine rings is 1. The molecule has 0 atom stereocenters. The number of rotatable bonds is 3. The van der Waals surface area contributed by atoms with Gasteiger partial charge in [0.2, 0.25) is 5.69 Å². The minimum atomic E-state index is 0.646. The van der Waals surface area contributed by atoms with Crippen LogP contribution in [0.3, 0.4) is 0 Å². The summed E-state index contributed by atoms with van der Waals surface area (Å²) < 4.78 is 8.83. The molecule has 6 rings (SSSR count). The van der Waals surface area contributed by atoms with Gasteiger partial charge in [0.1, 0.15) is 18.2 Å². The van der Waals surface area contributed by atoms with Crippen molar-refractivity contribution >= 4 is 21.9 Å². The van der Waals surface area contributed by atoms with Gasteiger partial charge in [-0.15, -0.1) is 0 Å². The maximum Gasteiger partial charge on any atom is 0.216 e. The number of benzene rings is 3. The van der Waals surface area contributed by atoms with Crippen molar-refractivity contribution in [2.24, 2.45) is 7.05 Å².